The van der Waals surface area contributed by atoms with E-state index in [1.165, 1.54) is 11.1 Å². The summed E-state index contributed by atoms with van der Waals surface area (Å²) in [5, 5.41) is 24.4. The van der Waals surface area contributed by atoms with E-state index in [0.29, 0.717) is 23.0 Å². The highest BCUT2D eigenvalue weighted by Gasteiger charge is 2.23. The average Bonchev–Trinajstić information content (AvgIpc) is 2.90. The molecule has 0 unspecified atom stereocenters. The molecular weight excluding hydrogens is 516 g/mol. The lowest BCUT2D eigenvalue weighted by Gasteiger charge is -2.23. The molecular formula is C38H46N2O2. The molecule has 4 aromatic carbocycles. The molecule has 42 heavy (non-hydrogen) atoms. The van der Waals surface area contributed by atoms with Gasteiger partial charge in [0.15, 0.2) is 0 Å². The van der Waals surface area contributed by atoms with Gasteiger partial charge in [-0.2, -0.15) is 0 Å². The van der Waals surface area contributed by atoms with Gasteiger partial charge in [-0.15, -0.1) is 0 Å². The Bertz CT molecular complexity index is 1540. The van der Waals surface area contributed by atoms with Crippen molar-refractivity contribution >= 4 is 34.6 Å². The second-order valence-corrected chi connectivity index (χ2v) is 14.0. The molecule has 0 aromatic heterocycles. The molecule has 220 valence electrons. The van der Waals surface area contributed by atoms with Crippen LogP contribution < -0.4 is 0 Å². The van der Waals surface area contributed by atoms with Crippen molar-refractivity contribution in [2.24, 2.45) is 9.98 Å². The molecule has 0 radical (unpaired) electrons. The molecule has 0 aliphatic heterocycles. The van der Waals surface area contributed by atoms with Crippen molar-refractivity contribution < 1.29 is 10.2 Å². The van der Waals surface area contributed by atoms with Gasteiger partial charge in [0.2, 0.25) is 0 Å². The van der Waals surface area contributed by atoms with Crippen molar-refractivity contribution in [1.82, 2.24) is 0 Å². The molecule has 0 aliphatic rings. The molecule has 0 spiro atoms. The Morgan fingerprint density at radius 1 is 0.595 bits per heavy atom. The summed E-state index contributed by atoms with van der Waals surface area (Å²) in [6, 6.07) is 20.3. The summed E-state index contributed by atoms with van der Waals surface area (Å²) >= 11 is 0. The summed E-state index contributed by atoms with van der Waals surface area (Å²) in [4.78, 5) is 9.80. The summed E-state index contributed by atoms with van der Waals surface area (Å²) in [5.41, 5.74) is 6.69. The van der Waals surface area contributed by atoms with E-state index in [0.717, 1.165) is 33.3 Å². The monoisotopic (exact) mass is 562 g/mol. The van der Waals surface area contributed by atoms with E-state index in [4.69, 9.17) is 9.98 Å². The van der Waals surface area contributed by atoms with Crippen molar-refractivity contribution in [3.63, 3.8) is 0 Å². The van der Waals surface area contributed by atoms with Crippen molar-refractivity contribution in [1.29, 1.82) is 0 Å². The normalized spacial score (nSPS) is 13.0. The molecule has 0 aliphatic carbocycles. The predicted octanol–water partition coefficient (Wildman–Crippen LogP) is 10.6. The second kappa shape index (κ2) is 11.8. The highest BCUT2D eigenvalue weighted by atomic mass is 16.3. The first kappa shape index (κ1) is 31.0. The zero-order valence-corrected chi connectivity index (χ0v) is 26.9. The van der Waals surface area contributed by atoms with Gasteiger partial charge in [-0.1, -0.05) is 106 Å². The van der Waals surface area contributed by atoms with Crippen LogP contribution in [0.2, 0.25) is 0 Å². The van der Waals surface area contributed by atoms with Crippen molar-refractivity contribution in [2.75, 3.05) is 0 Å². The highest BCUT2D eigenvalue weighted by Crippen LogP contribution is 2.39. The van der Waals surface area contributed by atoms with E-state index >= 15 is 0 Å². The Kier molecular flexibility index (Phi) is 8.68. The third-order valence-electron chi connectivity index (χ3n) is 7.82. The van der Waals surface area contributed by atoms with Crippen LogP contribution in [-0.4, -0.2) is 22.6 Å². The molecule has 4 rings (SSSR count). The summed E-state index contributed by atoms with van der Waals surface area (Å²) < 4.78 is 0. The summed E-state index contributed by atoms with van der Waals surface area (Å²) in [6.07, 6.45) is 3.53. The topological polar surface area (TPSA) is 65.2 Å². The number of phenolic OH excluding ortho intramolecular Hbond substituents is 2. The maximum absolute atomic E-state index is 11.2. The van der Waals surface area contributed by atoms with Gasteiger partial charge in [0, 0.05) is 40.1 Å². The van der Waals surface area contributed by atoms with Crippen LogP contribution in [-0.2, 0) is 10.8 Å². The number of benzene rings is 4. The minimum atomic E-state index is -0.204. The first-order chi connectivity index (χ1) is 19.6. The number of phenols is 2. The number of hydrogen-bond donors (Lipinski definition) is 2. The first-order valence-electron chi connectivity index (χ1n) is 14.9. The smallest absolute Gasteiger partial charge is 0.128 e. The lowest BCUT2D eigenvalue weighted by Crippen LogP contribution is -2.13. The zero-order chi connectivity index (χ0) is 31.0. The minimum absolute atomic E-state index is 0.204. The molecule has 0 saturated carbocycles. The number of hydrogen-bond acceptors (Lipinski definition) is 4. The third-order valence-corrected chi connectivity index (χ3v) is 7.82. The number of aliphatic imine (C=N–C) groups is 2. The molecule has 0 amide bonds. The fraction of sp³-hybridized carbons (Fsp3) is 0.368. The Morgan fingerprint density at radius 3 is 1.31 bits per heavy atom. The van der Waals surface area contributed by atoms with Crippen molar-refractivity contribution in [3.05, 3.63) is 94.0 Å². The Labute approximate surface area is 251 Å². The van der Waals surface area contributed by atoms with Crippen LogP contribution >= 0.6 is 0 Å². The van der Waals surface area contributed by atoms with Crippen LogP contribution in [0.1, 0.15) is 114 Å². The van der Waals surface area contributed by atoms with Gasteiger partial charge in [-0.3, -0.25) is 9.98 Å². The van der Waals surface area contributed by atoms with E-state index < -0.39 is 0 Å². The SMILES string of the molecule is CC(C)c1cc(C=Nc2cccc3cccc(N=Cc4cc(C(C)C)cc(C(C)(C)C)c4O)c23)c(O)c(C(C)(C)C)c1. The fourth-order valence-electron chi connectivity index (χ4n) is 5.16. The van der Waals surface area contributed by atoms with Crippen molar-refractivity contribution in [2.45, 2.75) is 91.9 Å². The average molecular weight is 563 g/mol. The highest BCUT2D eigenvalue weighted by molar-refractivity contribution is 6.04. The standard InChI is InChI=1S/C38H46N2O2/c1-23(2)26-17-28(35(41)30(19-26)37(5,6)7)21-39-32-15-11-13-25-14-12-16-33(34(25)32)40-22-29-18-27(24(3)4)20-31(36(29)42)38(8,9)10/h11-24,41-42H,1-10H3. The molecule has 4 heteroatoms. The maximum atomic E-state index is 11.2. The Morgan fingerprint density at radius 2 is 0.976 bits per heavy atom. The van der Waals surface area contributed by atoms with Crippen LogP contribution in [0.3, 0.4) is 0 Å². The lowest BCUT2D eigenvalue weighted by molar-refractivity contribution is 0.444. The molecule has 2 N–H and O–H groups in total. The van der Waals surface area contributed by atoms with Crippen LogP contribution in [0.25, 0.3) is 10.8 Å². The predicted molar refractivity (Wildman–Crippen MR) is 180 cm³/mol. The molecule has 0 bridgehead atoms. The second-order valence-electron chi connectivity index (χ2n) is 14.0. The van der Waals surface area contributed by atoms with Gasteiger partial charge in [0.05, 0.1) is 11.4 Å². The van der Waals surface area contributed by atoms with E-state index in [2.05, 4.69) is 93.5 Å². The third kappa shape index (κ3) is 6.59. The number of aromatic hydroxyl groups is 2. The Balaban J connectivity index is 1.84. The van der Waals surface area contributed by atoms with E-state index in [1.54, 1.807) is 12.4 Å². The van der Waals surface area contributed by atoms with Crippen molar-refractivity contribution in [3.8, 4) is 11.5 Å². The number of nitrogens with zero attached hydrogens (tertiary/aromatic N) is 2. The van der Waals surface area contributed by atoms with Crippen LogP contribution in [0.5, 0.6) is 11.5 Å². The molecule has 4 aromatic rings. The molecule has 4 nitrogen and oxygen atoms in total. The van der Waals surface area contributed by atoms with Crippen LogP contribution in [0.4, 0.5) is 11.4 Å². The van der Waals surface area contributed by atoms with Crippen LogP contribution in [0, 0.1) is 0 Å². The van der Waals surface area contributed by atoms with Gasteiger partial charge < -0.3 is 10.2 Å². The van der Waals surface area contributed by atoms with Crippen LogP contribution in [0.15, 0.2) is 70.6 Å². The van der Waals surface area contributed by atoms with Gasteiger partial charge in [-0.05, 0) is 63.4 Å². The zero-order valence-electron chi connectivity index (χ0n) is 26.9. The Hall–Kier alpha value is -3.92. The van der Waals surface area contributed by atoms with E-state index in [-0.39, 0.29) is 22.3 Å². The molecule has 0 atom stereocenters. The van der Waals surface area contributed by atoms with Gasteiger partial charge >= 0.3 is 0 Å². The largest absolute Gasteiger partial charge is 0.507 e. The van der Waals surface area contributed by atoms with Gasteiger partial charge in [-0.25, -0.2) is 0 Å². The van der Waals surface area contributed by atoms with E-state index in [1.807, 2.05) is 36.4 Å². The molecule has 0 fully saturated rings. The lowest BCUT2D eigenvalue weighted by atomic mass is 9.83. The quantitative estimate of drug-likeness (QED) is 0.230. The molecule has 0 heterocycles. The first-order valence-corrected chi connectivity index (χ1v) is 14.9. The van der Waals surface area contributed by atoms with Gasteiger partial charge in [0.25, 0.3) is 0 Å². The number of fused-ring (bicyclic) bond motifs is 1. The fourth-order valence-corrected chi connectivity index (χ4v) is 5.16. The summed E-state index contributed by atoms with van der Waals surface area (Å²) in [5.74, 6) is 1.18. The molecule has 0 saturated heterocycles. The van der Waals surface area contributed by atoms with Gasteiger partial charge in [0.1, 0.15) is 11.5 Å². The number of rotatable bonds is 6. The summed E-state index contributed by atoms with van der Waals surface area (Å²) in [6.45, 7) is 21.3. The van der Waals surface area contributed by atoms with E-state index in [9.17, 15) is 10.2 Å². The summed E-state index contributed by atoms with van der Waals surface area (Å²) in [7, 11) is 0. The maximum Gasteiger partial charge on any atom is 0.128 e. The minimum Gasteiger partial charge on any atom is -0.507 e.